The molecule has 1 aromatic rings. The highest BCUT2D eigenvalue weighted by molar-refractivity contribution is 5.07. The van der Waals surface area contributed by atoms with Crippen LogP contribution in [-0.2, 0) is 11.5 Å². The van der Waals surface area contributed by atoms with E-state index in [9.17, 15) is 10.1 Å². The molecule has 0 aromatic carbocycles. The van der Waals surface area contributed by atoms with Gasteiger partial charge in [0.05, 0.1) is 10.7 Å². The number of nitro groups is 1. The van der Waals surface area contributed by atoms with E-state index < -0.39 is 10.5 Å². The molecule has 0 saturated carbocycles. The predicted molar refractivity (Wildman–Crippen MR) is 51.8 cm³/mol. The van der Waals surface area contributed by atoms with Gasteiger partial charge in [0.2, 0.25) is 0 Å². The van der Waals surface area contributed by atoms with Crippen LogP contribution in [0.15, 0.2) is 6.20 Å². The van der Waals surface area contributed by atoms with Gasteiger partial charge in [-0.2, -0.15) is 0 Å². The minimum absolute atomic E-state index is 0.0885. The van der Waals surface area contributed by atoms with E-state index in [4.69, 9.17) is 4.74 Å². The maximum Gasteiger partial charge on any atom is 0.410 e. The second kappa shape index (κ2) is 4.35. The second-order valence-corrected chi connectivity index (χ2v) is 3.50. The molecular formula is C8H13N4O3. The molecule has 15 heavy (non-hydrogen) atoms. The van der Waals surface area contributed by atoms with E-state index in [1.54, 1.807) is 0 Å². The Kier molecular flexibility index (Phi) is 3.35. The highest BCUT2D eigenvalue weighted by Gasteiger charge is 2.18. The SMILES string of the molecule is C[CH]C(C)(C)OCn1ncc([N+](=O)[O-])n1. The van der Waals surface area contributed by atoms with Gasteiger partial charge in [0.15, 0.2) is 12.9 Å². The Morgan fingerprint density at radius 3 is 2.87 bits per heavy atom. The summed E-state index contributed by atoms with van der Waals surface area (Å²) in [4.78, 5) is 10.9. The van der Waals surface area contributed by atoms with Crippen molar-refractivity contribution in [1.29, 1.82) is 0 Å². The Morgan fingerprint density at radius 1 is 1.73 bits per heavy atom. The molecule has 0 unspecified atom stereocenters. The van der Waals surface area contributed by atoms with Crippen molar-refractivity contribution in [2.45, 2.75) is 33.1 Å². The number of hydrogen-bond donors (Lipinski definition) is 0. The fourth-order valence-corrected chi connectivity index (χ4v) is 0.741. The zero-order valence-corrected chi connectivity index (χ0v) is 8.88. The lowest BCUT2D eigenvalue weighted by molar-refractivity contribution is -0.390. The number of ether oxygens (including phenoxy) is 1. The Labute approximate surface area is 87.2 Å². The van der Waals surface area contributed by atoms with Crippen LogP contribution in [0.4, 0.5) is 5.82 Å². The lowest BCUT2D eigenvalue weighted by Gasteiger charge is -2.21. The Balaban J connectivity index is 2.55. The van der Waals surface area contributed by atoms with Crippen LogP contribution in [0.3, 0.4) is 0 Å². The van der Waals surface area contributed by atoms with Crippen molar-refractivity contribution in [3.63, 3.8) is 0 Å². The first-order valence-electron chi connectivity index (χ1n) is 4.43. The van der Waals surface area contributed by atoms with Crippen molar-refractivity contribution >= 4 is 5.82 Å². The van der Waals surface area contributed by atoms with Gasteiger partial charge >= 0.3 is 5.82 Å². The average Bonchev–Trinajstić information content (AvgIpc) is 2.63. The maximum absolute atomic E-state index is 10.3. The summed E-state index contributed by atoms with van der Waals surface area (Å²) in [5.41, 5.74) is -0.400. The van der Waals surface area contributed by atoms with Gasteiger partial charge in [-0.3, -0.25) is 0 Å². The Morgan fingerprint density at radius 2 is 2.40 bits per heavy atom. The van der Waals surface area contributed by atoms with Crippen molar-refractivity contribution < 1.29 is 9.66 Å². The number of rotatable bonds is 5. The van der Waals surface area contributed by atoms with Gasteiger partial charge in [0.1, 0.15) is 0 Å². The van der Waals surface area contributed by atoms with Crippen LogP contribution in [0.2, 0.25) is 0 Å². The maximum atomic E-state index is 10.3. The van der Waals surface area contributed by atoms with E-state index in [1.807, 2.05) is 27.2 Å². The molecule has 1 radical (unpaired) electrons. The molecule has 1 heterocycles. The molecule has 1 aromatic heterocycles. The predicted octanol–water partition coefficient (Wildman–Crippen LogP) is 1.16. The van der Waals surface area contributed by atoms with Crippen molar-refractivity contribution in [3.05, 3.63) is 22.7 Å². The molecule has 0 amide bonds. The monoisotopic (exact) mass is 213 g/mol. The van der Waals surface area contributed by atoms with Gasteiger partial charge in [-0.05, 0) is 25.2 Å². The fraction of sp³-hybridized carbons (Fsp3) is 0.625. The van der Waals surface area contributed by atoms with Gasteiger partial charge in [0.25, 0.3) is 0 Å². The van der Waals surface area contributed by atoms with Gasteiger partial charge in [0, 0.05) is 0 Å². The molecule has 0 bridgehead atoms. The van der Waals surface area contributed by atoms with Crippen LogP contribution in [-0.4, -0.2) is 25.5 Å². The summed E-state index contributed by atoms with van der Waals surface area (Å²) < 4.78 is 5.42. The average molecular weight is 213 g/mol. The van der Waals surface area contributed by atoms with Gasteiger partial charge in [-0.25, -0.2) is 0 Å². The van der Waals surface area contributed by atoms with Crippen molar-refractivity contribution in [2.75, 3.05) is 0 Å². The van der Waals surface area contributed by atoms with Crippen LogP contribution >= 0.6 is 0 Å². The van der Waals surface area contributed by atoms with Crippen LogP contribution in [0.25, 0.3) is 0 Å². The first-order chi connectivity index (χ1) is 6.94. The molecule has 1 rings (SSSR count). The summed E-state index contributed by atoms with van der Waals surface area (Å²) in [5, 5.41) is 17.6. The summed E-state index contributed by atoms with van der Waals surface area (Å²) in [5.74, 6) is -0.281. The standard InChI is InChI=1S/C8H13N4O3/c1-4-8(2,3)15-6-11-9-5-7(10-11)12(13)14/h4-5H,6H2,1-3H3. The van der Waals surface area contributed by atoms with E-state index in [1.165, 1.54) is 0 Å². The van der Waals surface area contributed by atoms with Gasteiger partial charge < -0.3 is 14.9 Å². The van der Waals surface area contributed by atoms with E-state index in [0.717, 1.165) is 11.0 Å². The molecule has 0 fully saturated rings. The summed E-state index contributed by atoms with van der Waals surface area (Å²) in [7, 11) is 0. The molecule has 0 saturated heterocycles. The first kappa shape index (κ1) is 11.6. The molecule has 0 atom stereocenters. The first-order valence-corrected chi connectivity index (χ1v) is 4.43. The third-order valence-corrected chi connectivity index (χ3v) is 1.96. The van der Waals surface area contributed by atoms with Crippen LogP contribution in [0.1, 0.15) is 20.8 Å². The molecule has 7 nitrogen and oxygen atoms in total. The van der Waals surface area contributed by atoms with E-state index >= 15 is 0 Å². The number of aromatic nitrogens is 3. The number of nitrogens with zero attached hydrogens (tertiary/aromatic N) is 4. The Bertz CT molecular complexity index is 347. The van der Waals surface area contributed by atoms with Gasteiger partial charge in [-0.1, -0.05) is 11.7 Å². The molecule has 0 aliphatic carbocycles. The highest BCUT2D eigenvalue weighted by atomic mass is 16.6. The molecule has 0 aliphatic heterocycles. The van der Waals surface area contributed by atoms with Crippen molar-refractivity contribution in [1.82, 2.24) is 15.0 Å². The lowest BCUT2D eigenvalue weighted by Crippen LogP contribution is -2.25. The molecule has 0 spiro atoms. The zero-order valence-electron chi connectivity index (χ0n) is 8.88. The minimum Gasteiger partial charge on any atom is -0.358 e. The van der Waals surface area contributed by atoms with E-state index in [2.05, 4.69) is 10.2 Å². The Hall–Kier alpha value is -1.50. The summed E-state index contributed by atoms with van der Waals surface area (Å²) in [6, 6.07) is 0. The molecule has 7 heteroatoms. The van der Waals surface area contributed by atoms with Crippen molar-refractivity contribution in [3.8, 4) is 0 Å². The fourth-order valence-electron chi connectivity index (χ4n) is 0.741. The topological polar surface area (TPSA) is 83.1 Å². The second-order valence-electron chi connectivity index (χ2n) is 3.50. The summed E-state index contributed by atoms with van der Waals surface area (Å²) in [6.45, 7) is 5.72. The largest absolute Gasteiger partial charge is 0.410 e. The summed E-state index contributed by atoms with van der Waals surface area (Å²) in [6.07, 6.45) is 2.97. The van der Waals surface area contributed by atoms with Crippen LogP contribution in [0, 0.1) is 16.5 Å². The zero-order chi connectivity index (χ0) is 11.5. The molecule has 0 aliphatic rings. The van der Waals surface area contributed by atoms with Crippen LogP contribution < -0.4 is 0 Å². The molecule has 0 N–H and O–H groups in total. The third kappa shape index (κ3) is 3.28. The minimum atomic E-state index is -0.597. The van der Waals surface area contributed by atoms with Crippen molar-refractivity contribution in [2.24, 2.45) is 0 Å². The van der Waals surface area contributed by atoms with Gasteiger partial charge in [-0.15, -0.1) is 5.10 Å². The van der Waals surface area contributed by atoms with Crippen LogP contribution in [0.5, 0.6) is 0 Å². The number of hydrogen-bond acceptors (Lipinski definition) is 5. The van der Waals surface area contributed by atoms with E-state index in [0.29, 0.717) is 0 Å². The smallest absolute Gasteiger partial charge is 0.358 e. The molecular weight excluding hydrogens is 200 g/mol. The molecule has 83 valence electrons. The summed E-state index contributed by atoms with van der Waals surface area (Å²) >= 11 is 0. The highest BCUT2D eigenvalue weighted by Crippen LogP contribution is 2.13. The lowest BCUT2D eigenvalue weighted by atomic mass is 10.1. The van der Waals surface area contributed by atoms with E-state index in [-0.39, 0.29) is 12.5 Å². The normalized spacial score (nSPS) is 11.7. The quantitative estimate of drug-likeness (QED) is 0.541. The third-order valence-electron chi connectivity index (χ3n) is 1.96.